The van der Waals surface area contributed by atoms with Crippen molar-refractivity contribution < 1.29 is 4.79 Å². The van der Waals surface area contributed by atoms with E-state index >= 15 is 0 Å². The van der Waals surface area contributed by atoms with Gasteiger partial charge < -0.3 is 11.1 Å². The van der Waals surface area contributed by atoms with Crippen molar-refractivity contribution in [2.75, 3.05) is 6.54 Å². The smallest absolute Gasteiger partial charge is 0.270 e. The highest BCUT2D eigenvalue weighted by Gasteiger charge is 2.25. The molecule has 1 amide bonds. The molecule has 1 aromatic heterocycles. The Labute approximate surface area is 106 Å². The fourth-order valence-corrected chi connectivity index (χ4v) is 2.79. The Kier molecular flexibility index (Phi) is 4.12. The lowest BCUT2D eigenvalue weighted by molar-refractivity contribution is 0.0904. The summed E-state index contributed by atoms with van der Waals surface area (Å²) in [5.41, 5.74) is 5.99. The quantitative estimate of drug-likeness (QED) is 0.837. The summed E-state index contributed by atoms with van der Waals surface area (Å²) in [6, 6.07) is 0.260. The largest absolute Gasteiger partial charge is 0.348 e. The normalized spacial score (nSPS) is 17.5. The van der Waals surface area contributed by atoms with Gasteiger partial charge in [0.15, 0.2) is 0 Å². The minimum atomic E-state index is -0.0519. The van der Waals surface area contributed by atoms with Gasteiger partial charge in [-0.1, -0.05) is 6.42 Å². The topological polar surface area (TPSA) is 68.0 Å². The van der Waals surface area contributed by atoms with E-state index < -0.39 is 0 Å². The molecular weight excluding hydrogens is 234 g/mol. The average Bonchev–Trinajstić information content (AvgIpc) is 2.64. The molecule has 1 heterocycles. The number of thiazole rings is 1. The number of carbonyl (C=O) groups excluding carboxylic acids is 1. The maximum atomic E-state index is 11.9. The Hall–Kier alpha value is -0.940. The van der Waals surface area contributed by atoms with Crippen LogP contribution in [0.1, 0.15) is 41.7 Å². The van der Waals surface area contributed by atoms with E-state index in [9.17, 15) is 4.79 Å². The minimum absolute atomic E-state index is 0.0519. The fourth-order valence-electron chi connectivity index (χ4n) is 1.99. The van der Waals surface area contributed by atoms with Crippen molar-refractivity contribution in [3.05, 3.63) is 16.1 Å². The molecule has 17 heavy (non-hydrogen) atoms. The van der Waals surface area contributed by atoms with Gasteiger partial charge in [0, 0.05) is 17.8 Å². The Morgan fingerprint density at radius 3 is 3.06 bits per heavy atom. The number of amides is 1. The summed E-state index contributed by atoms with van der Waals surface area (Å²) in [6.07, 6.45) is 4.51. The maximum Gasteiger partial charge on any atom is 0.270 e. The summed E-state index contributed by atoms with van der Waals surface area (Å²) < 4.78 is 0. The van der Waals surface area contributed by atoms with Crippen LogP contribution in [0.4, 0.5) is 0 Å². The molecule has 0 bridgehead atoms. The molecule has 5 heteroatoms. The molecule has 1 saturated carbocycles. The van der Waals surface area contributed by atoms with Crippen molar-refractivity contribution in [3.8, 4) is 0 Å². The number of nitrogens with one attached hydrogen (secondary N) is 1. The summed E-state index contributed by atoms with van der Waals surface area (Å²) in [5.74, 6) is 0.602. The fraction of sp³-hybridized carbons (Fsp3) is 0.667. The second-order valence-corrected chi connectivity index (χ2v) is 5.56. The van der Waals surface area contributed by atoms with Crippen LogP contribution in [0, 0.1) is 5.92 Å². The summed E-state index contributed by atoms with van der Waals surface area (Å²) >= 11 is 1.51. The molecule has 4 nitrogen and oxygen atoms in total. The number of aromatic nitrogens is 1. The highest BCUT2D eigenvalue weighted by molar-refractivity contribution is 7.09. The number of nitrogens with zero attached hydrogens (tertiary/aromatic N) is 1. The zero-order valence-corrected chi connectivity index (χ0v) is 10.9. The second-order valence-electron chi connectivity index (χ2n) is 4.62. The Morgan fingerprint density at radius 1 is 1.71 bits per heavy atom. The molecule has 0 aromatic carbocycles. The van der Waals surface area contributed by atoms with Gasteiger partial charge in [0.1, 0.15) is 5.69 Å². The van der Waals surface area contributed by atoms with Crippen molar-refractivity contribution in [3.63, 3.8) is 0 Å². The van der Waals surface area contributed by atoms with E-state index in [2.05, 4.69) is 17.2 Å². The summed E-state index contributed by atoms with van der Waals surface area (Å²) in [6.45, 7) is 2.65. The second kappa shape index (κ2) is 5.60. The summed E-state index contributed by atoms with van der Waals surface area (Å²) in [5, 5.41) is 5.78. The van der Waals surface area contributed by atoms with Crippen molar-refractivity contribution in [1.29, 1.82) is 0 Å². The highest BCUT2D eigenvalue weighted by Crippen LogP contribution is 2.29. The molecule has 0 radical (unpaired) electrons. The van der Waals surface area contributed by atoms with Crippen LogP contribution in [0.5, 0.6) is 0 Å². The molecule has 3 N–H and O–H groups in total. The maximum absolute atomic E-state index is 11.9. The number of hydrogen-bond acceptors (Lipinski definition) is 4. The first-order valence-corrected chi connectivity index (χ1v) is 7.04. The van der Waals surface area contributed by atoms with Gasteiger partial charge in [-0.3, -0.25) is 4.79 Å². The van der Waals surface area contributed by atoms with Crippen LogP contribution in [0.2, 0.25) is 0 Å². The van der Waals surface area contributed by atoms with E-state index in [0.717, 1.165) is 11.4 Å². The van der Waals surface area contributed by atoms with E-state index in [-0.39, 0.29) is 11.9 Å². The number of rotatable bonds is 5. The van der Waals surface area contributed by atoms with Crippen molar-refractivity contribution in [2.45, 2.75) is 38.6 Å². The van der Waals surface area contributed by atoms with Crippen LogP contribution in [-0.4, -0.2) is 23.5 Å². The lowest BCUT2D eigenvalue weighted by atomic mass is 9.80. The van der Waals surface area contributed by atoms with E-state index in [4.69, 9.17) is 5.73 Å². The molecule has 1 fully saturated rings. The number of nitrogens with two attached hydrogens (primary N) is 1. The van der Waals surface area contributed by atoms with Crippen LogP contribution >= 0.6 is 11.3 Å². The Balaban J connectivity index is 1.89. The summed E-state index contributed by atoms with van der Waals surface area (Å²) in [7, 11) is 0. The molecule has 2 rings (SSSR count). The lowest BCUT2D eigenvalue weighted by Gasteiger charge is -2.31. The third kappa shape index (κ3) is 3.04. The molecular formula is C12H19N3OS. The molecule has 1 aromatic rings. The van der Waals surface area contributed by atoms with Gasteiger partial charge in [0.2, 0.25) is 0 Å². The first kappa shape index (κ1) is 12.5. The molecule has 1 unspecified atom stereocenters. The van der Waals surface area contributed by atoms with Gasteiger partial charge in [-0.25, -0.2) is 4.98 Å². The van der Waals surface area contributed by atoms with Gasteiger partial charge in [0.25, 0.3) is 5.91 Å². The van der Waals surface area contributed by atoms with E-state index in [1.807, 2.05) is 5.38 Å². The van der Waals surface area contributed by atoms with Gasteiger partial charge in [-0.05, 0) is 32.2 Å². The molecule has 1 aliphatic rings. The Bertz CT molecular complexity index is 387. The van der Waals surface area contributed by atoms with E-state index in [1.165, 1.54) is 30.6 Å². The van der Waals surface area contributed by atoms with Gasteiger partial charge in [-0.2, -0.15) is 0 Å². The number of carbonyl (C=O) groups is 1. The van der Waals surface area contributed by atoms with Crippen LogP contribution < -0.4 is 11.1 Å². The molecule has 0 saturated heterocycles. The lowest BCUT2D eigenvalue weighted by Crippen LogP contribution is -2.40. The monoisotopic (exact) mass is 253 g/mol. The van der Waals surface area contributed by atoms with Crippen LogP contribution in [0.3, 0.4) is 0 Å². The first-order valence-electron chi connectivity index (χ1n) is 6.16. The standard InChI is InChI=1S/C12H19N3OS/c1-8(9-3-2-4-9)14-12(16)10-7-17-11(15-10)5-6-13/h7-9H,2-6,13H2,1H3,(H,14,16). The van der Waals surface area contributed by atoms with E-state index in [0.29, 0.717) is 18.2 Å². The SMILES string of the molecule is CC(NC(=O)c1csc(CCN)n1)C1CCC1. The van der Waals surface area contributed by atoms with Crippen molar-refractivity contribution >= 4 is 17.2 Å². The molecule has 1 aliphatic carbocycles. The predicted molar refractivity (Wildman–Crippen MR) is 69.1 cm³/mol. The molecule has 1 atom stereocenters. The highest BCUT2D eigenvalue weighted by atomic mass is 32.1. The third-order valence-electron chi connectivity index (χ3n) is 3.36. The van der Waals surface area contributed by atoms with Gasteiger partial charge in [0.05, 0.1) is 5.01 Å². The average molecular weight is 253 g/mol. The van der Waals surface area contributed by atoms with Crippen LogP contribution in [-0.2, 0) is 6.42 Å². The van der Waals surface area contributed by atoms with Crippen molar-refractivity contribution in [2.24, 2.45) is 11.7 Å². The molecule has 0 aliphatic heterocycles. The number of hydrogen-bond donors (Lipinski definition) is 2. The molecule has 94 valence electrons. The zero-order valence-electron chi connectivity index (χ0n) is 10.1. The van der Waals surface area contributed by atoms with Crippen molar-refractivity contribution in [1.82, 2.24) is 10.3 Å². The van der Waals surface area contributed by atoms with E-state index in [1.54, 1.807) is 0 Å². The minimum Gasteiger partial charge on any atom is -0.348 e. The van der Waals surface area contributed by atoms with Gasteiger partial charge in [-0.15, -0.1) is 11.3 Å². The third-order valence-corrected chi connectivity index (χ3v) is 4.27. The Morgan fingerprint density at radius 2 is 2.47 bits per heavy atom. The molecule has 0 spiro atoms. The van der Waals surface area contributed by atoms with Crippen LogP contribution in [0.25, 0.3) is 0 Å². The van der Waals surface area contributed by atoms with Crippen LogP contribution in [0.15, 0.2) is 5.38 Å². The van der Waals surface area contributed by atoms with Gasteiger partial charge >= 0.3 is 0 Å². The predicted octanol–water partition coefficient (Wildman–Crippen LogP) is 1.56. The summed E-state index contributed by atoms with van der Waals surface area (Å²) in [4.78, 5) is 16.2. The first-order chi connectivity index (χ1) is 8.20. The zero-order chi connectivity index (χ0) is 12.3.